The van der Waals surface area contributed by atoms with Gasteiger partial charge in [-0.15, -0.1) is 0 Å². The van der Waals surface area contributed by atoms with Crippen molar-refractivity contribution in [3.05, 3.63) is 0 Å². The van der Waals surface area contributed by atoms with Crippen molar-refractivity contribution in [1.29, 1.82) is 0 Å². The van der Waals surface area contributed by atoms with Gasteiger partial charge in [0.15, 0.2) is 0 Å². The van der Waals surface area contributed by atoms with Crippen molar-refractivity contribution in [3.63, 3.8) is 0 Å². The van der Waals surface area contributed by atoms with Gasteiger partial charge in [-0.1, -0.05) is 6.42 Å². The van der Waals surface area contributed by atoms with Crippen LogP contribution in [-0.2, 0) is 14.3 Å². The number of nitrogens with zero attached hydrogens (tertiary/aromatic N) is 1. The highest BCUT2D eigenvalue weighted by molar-refractivity contribution is 5.85. The summed E-state index contributed by atoms with van der Waals surface area (Å²) in [6.07, 6.45) is 3.64. The molecule has 2 unspecified atom stereocenters. The van der Waals surface area contributed by atoms with Crippen LogP contribution in [0.2, 0.25) is 0 Å². The van der Waals surface area contributed by atoms with Gasteiger partial charge in [0.1, 0.15) is 6.54 Å². The van der Waals surface area contributed by atoms with E-state index in [1.165, 1.54) is 31.3 Å². The summed E-state index contributed by atoms with van der Waals surface area (Å²) in [5.41, 5.74) is 0. The SMILES string of the molecule is COC(=O)CN(C)C(=O)C1C2CCCC21. The zero-order valence-corrected chi connectivity index (χ0v) is 9.23. The van der Waals surface area contributed by atoms with E-state index in [-0.39, 0.29) is 24.3 Å². The number of amides is 1. The van der Waals surface area contributed by atoms with Crippen molar-refractivity contribution >= 4 is 11.9 Å². The van der Waals surface area contributed by atoms with Crippen molar-refractivity contribution in [3.8, 4) is 0 Å². The van der Waals surface area contributed by atoms with Gasteiger partial charge >= 0.3 is 5.97 Å². The monoisotopic (exact) mass is 211 g/mol. The van der Waals surface area contributed by atoms with Crippen LogP contribution in [0.4, 0.5) is 0 Å². The first-order chi connectivity index (χ1) is 7.15. The quantitative estimate of drug-likeness (QED) is 0.644. The van der Waals surface area contributed by atoms with Crippen LogP contribution in [0.5, 0.6) is 0 Å². The maximum Gasteiger partial charge on any atom is 0.325 e. The maximum atomic E-state index is 11.9. The van der Waals surface area contributed by atoms with Gasteiger partial charge in [0.2, 0.25) is 5.91 Å². The summed E-state index contributed by atoms with van der Waals surface area (Å²) in [6.45, 7) is 0.0747. The Labute approximate surface area is 89.6 Å². The topological polar surface area (TPSA) is 46.6 Å². The summed E-state index contributed by atoms with van der Waals surface area (Å²) < 4.78 is 4.53. The Morgan fingerprint density at radius 3 is 2.47 bits per heavy atom. The highest BCUT2D eigenvalue weighted by atomic mass is 16.5. The number of rotatable bonds is 3. The first-order valence-corrected chi connectivity index (χ1v) is 5.47. The molecular weight excluding hydrogens is 194 g/mol. The molecule has 4 heteroatoms. The Balaban J connectivity index is 1.84. The molecule has 4 nitrogen and oxygen atoms in total. The van der Waals surface area contributed by atoms with Crippen LogP contribution in [0.15, 0.2) is 0 Å². The molecule has 0 aromatic rings. The molecule has 0 radical (unpaired) electrons. The largest absolute Gasteiger partial charge is 0.468 e. The Kier molecular flexibility index (Phi) is 2.67. The standard InChI is InChI=1S/C11H17NO3/c1-12(6-9(13)15-2)11(14)10-7-4-3-5-8(7)10/h7-8,10H,3-6H2,1-2H3. The number of hydrogen-bond acceptors (Lipinski definition) is 3. The van der Waals surface area contributed by atoms with Crippen LogP contribution < -0.4 is 0 Å². The lowest BCUT2D eigenvalue weighted by atomic mass is 10.1. The Hall–Kier alpha value is -1.06. The summed E-state index contributed by atoms with van der Waals surface area (Å²) in [4.78, 5) is 24.4. The molecule has 15 heavy (non-hydrogen) atoms. The number of likely N-dealkylation sites (N-methyl/N-ethyl adjacent to an activating group) is 1. The maximum absolute atomic E-state index is 11.9. The number of hydrogen-bond donors (Lipinski definition) is 0. The van der Waals surface area contributed by atoms with Gasteiger partial charge in [0.05, 0.1) is 7.11 Å². The summed E-state index contributed by atoms with van der Waals surface area (Å²) in [5.74, 6) is 1.19. The zero-order valence-electron chi connectivity index (χ0n) is 9.23. The van der Waals surface area contributed by atoms with Crippen LogP contribution in [0, 0.1) is 17.8 Å². The zero-order chi connectivity index (χ0) is 11.0. The lowest BCUT2D eigenvalue weighted by Crippen LogP contribution is -2.34. The van der Waals surface area contributed by atoms with Gasteiger partial charge in [-0.3, -0.25) is 9.59 Å². The molecule has 0 aromatic heterocycles. The second kappa shape index (κ2) is 3.83. The van der Waals surface area contributed by atoms with Crippen molar-refractivity contribution in [2.75, 3.05) is 20.7 Å². The number of carbonyl (C=O) groups excluding carboxylic acids is 2. The summed E-state index contributed by atoms with van der Waals surface area (Å²) in [7, 11) is 3.01. The third kappa shape index (κ3) is 1.85. The molecule has 84 valence electrons. The van der Waals surface area contributed by atoms with Crippen LogP contribution in [-0.4, -0.2) is 37.5 Å². The molecule has 0 aliphatic heterocycles. The number of carbonyl (C=O) groups is 2. The molecule has 0 aromatic carbocycles. The highest BCUT2D eigenvalue weighted by Crippen LogP contribution is 2.57. The molecule has 1 amide bonds. The first-order valence-electron chi connectivity index (χ1n) is 5.47. The molecule has 2 aliphatic carbocycles. The van der Waals surface area contributed by atoms with E-state index in [9.17, 15) is 9.59 Å². The fourth-order valence-electron chi connectivity index (χ4n) is 2.78. The Morgan fingerprint density at radius 2 is 1.93 bits per heavy atom. The minimum atomic E-state index is -0.350. The van der Waals surface area contributed by atoms with Crippen LogP contribution in [0.3, 0.4) is 0 Å². The molecule has 2 saturated carbocycles. The smallest absolute Gasteiger partial charge is 0.325 e. The van der Waals surface area contributed by atoms with Crippen molar-refractivity contribution in [2.45, 2.75) is 19.3 Å². The van der Waals surface area contributed by atoms with Crippen LogP contribution >= 0.6 is 0 Å². The van der Waals surface area contributed by atoms with Gasteiger partial charge in [-0.05, 0) is 24.7 Å². The second-order valence-corrected chi connectivity index (χ2v) is 4.55. The number of methoxy groups -OCH3 is 1. The summed E-state index contributed by atoms with van der Waals surface area (Å²) in [6, 6.07) is 0. The van der Waals surface area contributed by atoms with E-state index in [0.29, 0.717) is 11.8 Å². The molecule has 2 aliphatic rings. The van der Waals surface area contributed by atoms with Crippen molar-refractivity contribution in [1.82, 2.24) is 4.90 Å². The van der Waals surface area contributed by atoms with Gasteiger partial charge in [-0.25, -0.2) is 0 Å². The molecule has 2 fully saturated rings. The predicted octanol–water partition coefficient (Wildman–Crippen LogP) is 0.664. The predicted molar refractivity (Wildman–Crippen MR) is 54.0 cm³/mol. The highest BCUT2D eigenvalue weighted by Gasteiger charge is 2.57. The van der Waals surface area contributed by atoms with E-state index >= 15 is 0 Å². The first kappa shape index (κ1) is 10.5. The van der Waals surface area contributed by atoms with E-state index in [1.54, 1.807) is 7.05 Å². The molecular formula is C11H17NO3. The lowest BCUT2D eigenvalue weighted by molar-refractivity contribution is -0.146. The normalized spacial score (nSPS) is 32.0. The minimum absolute atomic E-state index is 0.0747. The second-order valence-electron chi connectivity index (χ2n) is 4.55. The fraction of sp³-hybridized carbons (Fsp3) is 0.818. The van der Waals surface area contributed by atoms with Crippen LogP contribution in [0.1, 0.15) is 19.3 Å². The summed E-state index contributed by atoms with van der Waals surface area (Å²) >= 11 is 0. The van der Waals surface area contributed by atoms with E-state index < -0.39 is 0 Å². The molecule has 0 saturated heterocycles. The summed E-state index contributed by atoms with van der Waals surface area (Å²) in [5, 5.41) is 0. The van der Waals surface area contributed by atoms with Gasteiger partial charge < -0.3 is 9.64 Å². The Morgan fingerprint density at radius 1 is 1.33 bits per heavy atom. The van der Waals surface area contributed by atoms with E-state index in [4.69, 9.17) is 0 Å². The van der Waals surface area contributed by atoms with Crippen molar-refractivity contribution < 1.29 is 14.3 Å². The third-order valence-corrected chi connectivity index (χ3v) is 3.66. The average molecular weight is 211 g/mol. The van der Waals surface area contributed by atoms with E-state index in [2.05, 4.69) is 4.74 Å². The lowest BCUT2D eigenvalue weighted by Gasteiger charge is -2.16. The molecule has 0 heterocycles. The molecule has 2 rings (SSSR count). The molecule has 0 bridgehead atoms. The fourth-order valence-corrected chi connectivity index (χ4v) is 2.78. The average Bonchev–Trinajstić information content (AvgIpc) is 2.69. The number of ether oxygens (including phenoxy) is 1. The van der Waals surface area contributed by atoms with E-state index in [0.717, 1.165) is 0 Å². The minimum Gasteiger partial charge on any atom is -0.468 e. The van der Waals surface area contributed by atoms with Gasteiger partial charge in [0, 0.05) is 13.0 Å². The van der Waals surface area contributed by atoms with Gasteiger partial charge in [0.25, 0.3) is 0 Å². The molecule has 2 atom stereocenters. The van der Waals surface area contributed by atoms with Crippen LogP contribution in [0.25, 0.3) is 0 Å². The number of esters is 1. The van der Waals surface area contributed by atoms with Crippen molar-refractivity contribution in [2.24, 2.45) is 17.8 Å². The van der Waals surface area contributed by atoms with Gasteiger partial charge in [-0.2, -0.15) is 0 Å². The van der Waals surface area contributed by atoms with E-state index in [1.807, 2.05) is 0 Å². The molecule has 0 spiro atoms. The molecule has 0 N–H and O–H groups in total. The Bertz CT molecular complexity index is 280. The number of fused-ring (bicyclic) bond motifs is 1. The third-order valence-electron chi connectivity index (χ3n) is 3.66.